The van der Waals surface area contributed by atoms with Crippen molar-refractivity contribution in [2.75, 3.05) is 24.6 Å². The van der Waals surface area contributed by atoms with Gasteiger partial charge in [-0.1, -0.05) is 13.3 Å². The first-order valence-corrected chi connectivity index (χ1v) is 8.48. The van der Waals surface area contributed by atoms with Crippen LogP contribution in [0.25, 0.3) is 0 Å². The third kappa shape index (κ3) is 3.62. The van der Waals surface area contributed by atoms with E-state index in [1.165, 1.54) is 56.7 Å². The van der Waals surface area contributed by atoms with Crippen molar-refractivity contribution in [1.82, 2.24) is 4.90 Å². The topological polar surface area (TPSA) is 23.5 Å². The summed E-state index contributed by atoms with van der Waals surface area (Å²) in [5.41, 5.74) is 0. The molecule has 0 amide bonds. The van der Waals surface area contributed by atoms with Crippen molar-refractivity contribution in [1.29, 1.82) is 0 Å². The maximum Gasteiger partial charge on any atom is 0.0583 e. The molecule has 1 saturated carbocycles. The molecule has 0 aromatic rings. The average molecular weight is 257 g/mol. The maximum absolute atomic E-state index is 10.0. The van der Waals surface area contributed by atoms with Crippen LogP contribution in [0.5, 0.6) is 0 Å². The minimum absolute atomic E-state index is 0.00869. The lowest BCUT2D eigenvalue weighted by Crippen LogP contribution is -2.39. The summed E-state index contributed by atoms with van der Waals surface area (Å²) in [6.07, 6.45) is 7.51. The Morgan fingerprint density at radius 2 is 2.12 bits per heavy atom. The van der Waals surface area contributed by atoms with E-state index in [9.17, 15) is 5.11 Å². The Labute approximate surface area is 110 Å². The van der Waals surface area contributed by atoms with E-state index in [-0.39, 0.29) is 6.10 Å². The van der Waals surface area contributed by atoms with E-state index < -0.39 is 0 Å². The number of rotatable bonds is 6. The highest BCUT2D eigenvalue weighted by atomic mass is 32.2. The average Bonchev–Trinajstić information content (AvgIpc) is 2.93. The number of hydrogen-bond donors (Lipinski definition) is 1. The molecule has 3 unspecified atom stereocenters. The van der Waals surface area contributed by atoms with Crippen molar-refractivity contribution >= 4 is 11.8 Å². The van der Waals surface area contributed by atoms with Crippen molar-refractivity contribution < 1.29 is 5.11 Å². The molecule has 0 aromatic carbocycles. The molecule has 0 spiro atoms. The standard InChI is InChI=1S/C14H27NOS/c1-2-17-11-5-10-15-9-4-7-13(15)12-6-3-8-14(12)16/h12-14,16H,2-11H2,1H3. The highest BCUT2D eigenvalue weighted by molar-refractivity contribution is 7.99. The van der Waals surface area contributed by atoms with Crippen LogP contribution in [-0.4, -0.2) is 46.7 Å². The Hall–Kier alpha value is 0.270. The van der Waals surface area contributed by atoms with Gasteiger partial charge in [0.05, 0.1) is 6.10 Å². The first-order valence-electron chi connectivity index (χ1n) is 7.32. The molecule has 0 aromatic heterocycles. The normalized spacial score (nSPS) is 34.6. The lowest BCUT2D eigenvalue weighted by atomic mass is 9.94. The molecule has 1 aliphatic carbocycles. The first kappa shape index (κ1) is 13.7. The zero-order chi connectivity index (χ0) is 12.1. The molecule has 0 bridgehead atoms. The summed E-state index contributed by atoms with van der Waals surface area (Å²) in [5, 5.41) is 10.0. The van der Waals surface area contributed by atoms with Crippen LogP contribution in [0.2, 0.25) is 0 Å². The van der Waals surface area contributed by atoms with Crippen LogP contribution in [0, 0.1) is 5.92 Å². The van der Waals surface area contributed by atoms with Gasteiger partial charge >= 0.3 is 0 Å². The molecular formula is C14H27NOS. The minimum atomic E-state index is -0.00869. The number of hydrogen-bond acceptors (Lipinski definition) is 3. The summed E-state index contributed by atoms with van der Waals surface area (Å²) in [6.45, 7) is 4.75. The second-order valence-corrected chi connectivity index (χ2v) is 6.85. The van der Waals surface area contributed by atoms with Gasteiger partial charge in [-0.2, -0.15) is 11.8 Å². The molecule has 0 radical (unpaired) electrons. The Morgan fingerprint density at radius 3 is 2.82 bits per heavy atom. The van der Waals surface area contributed by atoms with Crippen LogP contribution in [0.4, 0.5) is 0 Å². The van der Waals surface area contributed by atoms with Gasteiger partial charge in [0.2, 0.25) is 0 Å². The van der Waals surface area contributed by atoms with Gasteiger partial charge in [0, 0.05) is 12.0 Å². The van der Waals surface area contributed by atoms with Gasteiger partial charge in [-0.05, 0) is 56.7 Å². The van der Waals surface area contributed by atoms with Gasteiger partial charge in [0.1, 0.15) is 0 Å². The van der Waals surface area contributed by atoms with Crippen molar-refractivity contribution in [3.63, 3.8) is 0 Å². The highest BCUT2D eigenvalue weighted by Gasteiger charge is 2.37. The molecule has 3 atom stereocenters. The van der Waals surface area contributed by atoms with Crippen LogP contribution in [0.3, 0.4) is 0 Å². The minimum Gasteiger partial charge on any atom is -0.393 e. The number of aliphatic hydroxyl groups is 1. The summed E-state index contributed by atoms with van der Waals surface area (Å²) in [5.74, 6) is 3.12. The largest absolute Gasteiger partial charge is 0.393 e. The number of nitrogens with zero attached hydrogens (tertiary/aromatic N) is 1. The summed E-state index contributed by atoms with van der Waals surface area (Å²) in [7, 11) is 0. The molecule has 2 aliphatic rings. The fourth-order valence-electron chi connectivity index (χ4n) is 3.55. The van der Waals surface area contributed by atoms with Gasteiger partial charge in [-0.15, -0.1) is 0 Å². The van der Waals surface area contributed by atoms with E-state index in [1.807, 2.05) is 11.8 Å². The van der Waals surface area contributed by atoms with Crippen LogP contribution in [0.15, 0.2) is 0 Å². The van der Waals surface area contributed by atoms with E-state index >= 15 is 0 Å². The highest BCUT2D eigenvalue weighted by Crippen LogP contribution is 2.35. The molecule has 1 aliphatic heterocycles. The molecule has 2 nitrogen and oxygen atoms in total. The second-order valence-electron chi connectivity index (χ2n) is 5.46. The summed E-state index contributed by atoms with van der Waals surface area (Å²) in [4.78, 5) is 2.66. The zero-order valence-electron chi connectivity index (χ0n) is 11.1. The van der Waals surface area contributed by atoms with Crippen LogP contribution in [0.1, 0.15) is 45.4 Å². The Bertz CT molecular complexity index is 224. The van der Waals surface area contributed by atoms with Crippen molar-refractivity contribution in [3.8, 4) is 0 Å². The molecule has 1 heterocycles. The summed E-state index contributed by atoms with van der Waals surface area (Å²) in [6, 6.07) is 0.694. The van der Waals surface area contributed by atoms with Crippen LogP contribution < -0.4 is 0 Å². The fourth-order valence-corrected chi connectivity index (χ4v) is 4.17. The van der Waals surface area contributed by atoms with Gasteiger partial charge < -0.3 is 5.11 Å². The first-order chi connectivity index (χ1) is 8.33. The van der Waals surface area contributed by atoms with E-state index in [0.29, 0.717) is 12.0 Å². The number of aliphatic hydroxyl groups excluding tert-OH is 1. The van der Waals surface area contributed by atoms with E-state index in [2.05, 4.69) is 11.8 Å². The summed E-state index contributed by atoms with van der Waals surface area (Å²) >= 11 is 2.05. The molecule has 17 heavy (non-hydrogen) atoms. The number of likely N-dealkylation sites (tertiary alicyclic amines) is 1. The van der Waals surface area contributed by atoms with Gasteiger partial charge in [0.15, 0.2) is 0 Å². The Balaban J connectivity index is 1.76. The lowest BCUT2D eigenvalue weighted by molar-refractivity contribution is 0.0748. The molecule has 1 N–H and O–H groups in total. The van der Waals surface area contributed by atoms with Gasteiger partial charge in [-0.3, -0.25) is 4.90 Å². The van der Waals surface area contributed by atoms with E-state index in [1.54, 1.807) is 0 Å². The van der Waals surface area contributed by atoms with Crippen LogP contribution >= 0.6 is 11.8 Å². The predicted molar refractivity (Wildman–Crippen MR) is 75.6 cm³/mol. The molecular weight excluding hydrogens is 230 g/mol. The molecule has 100 valence electrons. The van der Waals surface area contributed by atoms with Crippen LogP contribution in [-0.2, 0) is 0 Å². The lowest BCUT2D eigenvalue weighted by Gasteiger charge is -2.31. The van der Waals surface area contributed by atoms with Crippen molar-refractivity contribution in [3.05, 3.63) is 0 Å². The quantitative estimate of drug-likeness (QED) is 0.740. The fraction of sp³-hybridized carbons (Fsp3) is 1.00. The molecule has 3 heteroatoms. The number of thioether (sulfide) groups is 1. The molecule has 1 saturated heterocycles. The summed E-state index contributed by atoms with van der Waals surface area (Å²) < 4.78 is 0. The van der Waals surface area contributed by atoms with E-state index in [0.717, 1.165) is 6.42 Å². The Kier molecular flexibility index (Phi) is 5.64. The molecule has 2 fully saturated rings. The third-order valence-corrected chi connectivity index (χ3v) is 5.36. The van der Waals surface area contributed by atoms with Gasteiger partial charge in [0.25, 0.3) is 0 Å². The van der Waals surface area contributed by atoms with Gasteiger partial charge in [-0.25, -0.2) is 0 Å². The maximum atomic E-state index is 10.0. The smallest absolute Gasteiger partial charge is 0.0583 e. The Morgan fingerprint density at radius 1 is 1.24 bits per heavy atom. The SMILES string of the molecule is CCSCCCN1CCCC1C1CCCC1O. The third-order valence-electron chi connectivity index (χ3n) is 4.38. The zero-order valence-corrected chi connectivity index (χ0v) is 11.9. The predicted octanol–water partition coefficient (Wildman–Crippen LogP) is 2.76. The molecule has 2 rings (SSSR count). The van der Waals surface area contributed by atoms with E-state index in [4.69, 9.17) is 0 Å². The van der Waals surface area contributed by atoms with Crippen molar-refractivity contribution in [2.24, 2.45) is 5.92 Å². The second kappa shape index (κ2) is 7.01. The van der Waals surface area contributed by atoms with Crippen molar-refractivity contribution in [2.45, 2.75) is 57.6 Å². The monoisotopic (exact) mass is 257 g/mol.